The molecule has 0 amide bonds. The Hall–Kier alpha value is -2.82. The van der Waals surface area contributed by atoms with Crippen LogP contribution >= 0.6 is 0 Å². The zero-order chi connectivity index (χ0) is 17.4. The van der Waals surface area contributed by atoms with Crippen LogP contribution in [0.15, 0.2) is 59.8 Å². The summed E-state index contributed by atoms with van der Waals surface area (Å²) in [5, 5.41) is 4.53. The molecule has 128 valence electrons. The summed E-state index contributed by atoms with van der Waals surface area (Å²) in [6, 6.07) is 12.0. The maximum Gasteiger partial charge on any atom is 0.254 e. The van der Waals surface area contributed by atoms with Crippen LogP contribution in [0.25, 0.3) is 11.1 Å². The summed E-state index contributed by atoms with van der Waals surface area (Å²) in [4.78, 5) is 12.0. The number of aromatic nitrogens is 3. The minimum Gasteiger partial charge on any atom is -0.490 e. The van der Waals surface area contributed by atoms with E-state index in [2.05, 4.69) is 24.2 Å². The summed E-state index contributed by atoms with van der Waals surface area (Å²) >= 11 is 0. The van der Waals surface area contributed by atoms with Crippen molar-refractivity contribution in [2.45, 2.75) is 31.9 Å². The van der Waals surface area contributed by atoms with Crippen LogP contribution in [0.1, 0.15) is 31.4 Å². The predicted molar refractivity (Wildman–Crippen MR) is 96.8 cm³/mol. The number of nitrogens with zero attached hydrogens (tertiary/aromatic N) is 3. The highest BCUT2D eigenvalue weighted by Gasteiger charge is 2.25. The first-order valence-electron chi connectivity index (χ1n) is 8.58. The van der Waals surface area contributed by atoms with Gasteiger partial charge < -0.3 is 9.30 Å². The molecule has 2 aromatic heterocycles. The van der Waals surface area contributed by atoms with Crippen molar-refractivity contribution < 1.29 is 4.74 Å². The molecular formula is C20H21N3O2. The Morgan fingerprint density at radius 1 is 1.20 bits per heavy atom. The van der Waals surface area contributed by atoms with Crippen LogP contribution in [0.2, 0.25) is 0 Å². The summed E-state index contributed by atoms with van der Waals surface area (Å²) in [5.41, 5.74) is 2.99. The van der Waals surface area contributed by atoms with Crippen molar-refractivity contribution >= 4 is 0 Å². The van der Waals surface area contributed by atoms with Gasteiger partial charge in [-0.15, -0.1) is 0 Å². The van der Waals surface area contributed by atoms with Crippen LogP contribution in [0, 0.1) is 0 Å². The third-order valence-electron chi connectivity index (χ3n) is 4.60. The van der Waals surface area contributed by atoms with Gasteiger partial charge in [-0.2, -0.15) is 5.10 Å². The van der Waals surface area contributed by atoms with Gasteiger partial charge in [0.25, 0.3) is 5.56 Å². The molecule has 5 nitrogen and oxygen atoms in total. The van der Waals surface area contributed by atoms with Crippen LogP contribution in [0.3, 0.4) is 0 Å². The minimum atomic E-state index is -0.0653. The van der Waals surface area contributed by atoms with Gasteiger partial charge in [0.2, 0.25) is 0 Å². The molecule has 0 spiro atoms. The second kappa shape index (κ2) is 6.24. The number of aryl methyl sites for hydroxylation is 1. The van der Waals surface area contributed by atoms with Gasteiger partial charge in [-0.3, -0.25) is 9.48 Å². The van der Waals surface area contributed by atoms with Crippen molar-refractivity contribution in [3.63, 3.8) is 0 Å². The summed E-state index contributed by atoms with van der Waals surface area (Å²) in [6.45, 7) is 2.12. The SMILES string of the molecule is CC(c1ccccc1)n1cc(-c2cn(C)c(=O)cc2OC2CC2)cn1. The lowest BCUT2D eigenvalue weighted by Crippen LogP contribution is -2.16. The molecule has 4 rings (SSSR count). The van der Waals surface area contributed by atoms with Crippen molar-refractivity contribution in [1.29, 1.82) is 0 Å². The standard InChI is InChI=1S/C20H21N3O2/c1-14(15-6-4-3-5-7-15)23-12-16(11-21-23)18-13-22(2)20(24)10-19(18)25-17-8-9-17/h3-7,10-14,17H,8-9H2,1-2H3. The molecular weight excluding hydrogens is 314 g/mol. The fraction of sp³-hybridized carbons (Fsp3) is 0.300. The number of ether oxygens (including phenoxy) is 1. The van der Waals surface area contributed by atoms with E-state index in [4.69, 9.17) is 4.74 Å². The Kier molecular flexibility index (Phi) is 3.92. The summed E-state index contributed by atoms with van der Waals surface area (Å²) in [5.74, 6) is 0.650. The maximum absolute atomic E-state index is 12.0. The normalized spacial score (nSPS) is 15.1. The summed E-state index contributed by atoms with van der Waals surface area (Å²) in [7, 11) is 1.75. The van der Waals surface area contributed by atoms with E-state index in [1.165, 1.54) is 5.56 Å². The zero-order valence-electron chi connectivity index (χ0n) is 14.4. The van der Waals surface area contributed by atoms with Gasteiger partial charge in [-0.1, -0.05) is 30.3 Å². The molecule has 0 saturated heterocycles. The molecule has 1 saturated carbocycles. The molecule has 0 bridgehead atoms. The fourth-order valence-electron chi connectivity index (χ4n) is 2.87. The van der Waals surface area contributed by atoms with E-state index in [9.17, 15) is 4.79 Å². The fourth-order valence-corrected chi connectivity index (χ4v) is 2.87. The van der Waals surface area contributed by atoms with Gasteiger partial charge >= 0.3 is 0 Å². The molecule has 25 heavy (non-hydrogen) atoms. The molecule has 1 aliphatic rings. The number of pyridine rings is 1. The van der Waals surface area contributed by atoms with Gasteiger partial charge in [0.15, 0.2) is 0 Å². The third kappa shape index (κ3) is 3.22. The molecule has 0 radical (unpaired) electrons. The first kappa shape index (κ1) is 15.7. The van der Waals surface area contributed by atoms with Crippen LogP contribution in [-0.2, 0) is 7.05 Å². The lowest BCUT2D eigenvalue weighted by Gasteiger charge is -2.13. The van der Waals surface area contributed by atoms with Crippen LogP contribution in [0.5, 0.6) is 5.75 Å². The first-order chi connectivity index (χ1) is 12.1. The predicted octanol–water partition coefficient (Wildman–Crippen LogP) is 3.40. The van der Waals surface area contributed by atoms with Crippen molar-refractivity contribution in [2.24, 2.45) is 7.05 Å². The monoisotopic (exact) mass is 335 g/mol. The second-order valence-corrected chi connectivity index (χ2v) is 6.61. The molecule has 3 aromatic rings. The first-order valence-corrected chi connectivity index (χ1v) is 8.58. The second-order valence-electron chi connectivity index (χ2n) is 6.61. The topological polar surface area (TPSA) is 49.0 Å². The molecule has 5 heteroatoms. The Morgan fingerprint density at radius 3 is 2.68 bits per heavy atom. The number of benzene rings is 1. The average molecular weight is 335 g/mol. The number of hydrogen-bond donors (Lipinski definition) is 0. The Balaban J connectivity index is 1.70. The van der Waals surface area contributed by atoms with E-state index in [-0.39, 0.29) is 17.7 Å². The van der Waals surface area contributed by atoms with Crippen LogP contribution in [0.4, 0.5) is 0 Å². The van der Waals surface area contributed by atoms with Crippen molar-refractivity contribution in [3.8, 4) is 16.9 Å². The van der Waals surface area contributed by atoms with Crippen LogP contribution in [-0.4, -0.2) is 20.5 Å². The highest BCUT2D eigenvalue weighted by Crippen LogP contribution is 2.34. The van der Waals surface area contributed by atoms with Gasteiger partial charge in [-0.25, -0.2) is 0 Å². The number of rotatable bonds is 5. The summed E-state index contributed by atoms with van der Waals surface area (Å²) in [6.07, 6.45) is 8.02. The van der Waals surface area contributed by atoms with Gasteiger partial charge in [0, 0.05) is 36.6 Å². The quantitative estimate of drug-likeness (QED) is 0.718. The molecule has 0 N–H and O–H groups in total. The minimum absolute atomic E-state index is 0.0653. The van der Waals surface area contributed by atoms with E-state index in [1.54, 1.807) is 17.7 Å². The van der Waals surface area contributed by atoms with Gasteiger partial charge in [0.1, 0.15) is 5.75 Å². The van der Waals surface area contributed by atoms with Crippen molar-refractivity contribution in [3.05, 3.63) is 70.9 Å². The van der Waals surface area contributed by atoms with E-state index < -0.39 is 0 Å². The van der Waals surface area contributed by atoms with E-state index >= 15 is 0 Å². The largest absolute Gasteiger partial charge is 0.490 e. The highest BCUT2D eigenvalue weighted by atomic mass is 16.5. The van der Waals surface area contributed by atoms with Gasteiger partial charge in [0.05, 0.1) is 18.3 Å². The Morgan fingerprint density at radius 2 is 1.96 bits per heavy atom. The summed E-state index contributed by atoms with van der Waals surface area (Å²) < 4.78 is 9.47. The number of hydrogen-bond acceptors (Lipinski definition) is 3. The molecule has 0 aliphatic heterocycles. The third-order valence-corrected chi connectivity index (χ3v) is 4.60. The maximum atomic E-state index is 12.0. The van der Waals surface area contributed by atoms with Crippen molar-refractivity contribution in [2.75, 3.05) is 0 Å². The Labute approximate surface area is 146 Å². The molecule has 1 unspecified atom stereocenters. The van der Waals surface area contributed by atoms with E-state index in [1.807, 2.05) is 41.5 Å². The Bertz CT molecular complexity index is 939. The lowest BCUT2D eigenvalue weighted by atomic mass is 10.1. The van der Waals surface area contributed by atoms with E-state index in [0.717, 1.165) is 24.0 Å². The highest BCUT2D eigenvalue weighted by molar-refractivity contribution is 5.68. The lowest BCUT2D eigenvalue weighted by molar-refractivity contribution is 0.303. The van der Waals surface area contributed by atoms with Crippen molar-refractivity contribution in [1.82, 2.24) is 14.3 Å². The molecule has 1 aromatic carbocycles. The van der Waals surface area contributed by atoms with E-state index in [0.29, 0.717) is 5.75 Å². The average Bonchev–Trinajstić information content (AvgIpc) is 3.31. The van der Waals surface area contributed by atoms with Gasteiger partial charge in [-0.05, 0) is 25.3 Å². The molecule has 2 heterocycles. The molecule has 1 aliphatic carbocycles. The van der Waals surface area contributed by atoms with Crippen LogP contribution < -0.4 is 10.3 Å². The molecule has 1 fully saturated rings. The smallest absolute Gasteiger partial charge is 0.254 e. The molecule has 1 atom stereocenters. The zero-order valence-corrected chi connectivity index (χ0v) is 14.4.